The molecule has 0 aromatic carbocycles. The minimum Gasteiger partial charge on any atom is -0.459 e. The predicted octanol–water partition coefficient (Wildman–Crippen LogP) is -0.136. The van der Waals surface area contributed by atoms with Gasteiger partial charge in [-0.15, -0.1) is 0 Å². The van der Waals surface area contributed by atoms with Gasteiger partial charge in [0.2, 0.25) is 0 Å². The fourth-order valence-electron chi connectivity index (χ4n) is 1.89. The molecule has 0 radical (unpaired) electrons. The predicted molar refractivity (Wildman–Crippen MR) is 62.6 cm³/mol. The van der Waals surface area contributed by atoms with Crippen molar-refractivity contribution >= 4 is 5.97 Å². The molecule has 0 aromatic rings. The Hall–Kier alpha value is -0.650. The van der Waals surface area contributed by atoms with Crippen LogP contribution in [0.3, 0.4) is 0 Å². The molecule has 1 unspecified atom stereocenters. The van der Waals surface area contributed by atoms with Gasteiger partial charge in [-0.3, -0.25) is 0 Å². The van der Waals surface area contributed by atoms with Crippen LogP contribution in [0.15, 0.2) is 0 Å². The van der Waals surface area contributed by atoms with E-state index in [1.54, 1.807) is 0 Å². The van der Waals surface area contributed by atoms with Crippen molar-refractivity contribution in [3.8, 4) is 0 Å². The van der Waals surface area contributed by atoms with Crippen LogP contribution in [0, 0.1) is 0 Å². The number of nitrogens with two attached hydrogens (primary N) is 3. The van der Waals surface area contributed by atoms with Crippen LogP contribution in [-0.2, 0) is 9.53 Å². The third-order valence-corrected chi connectivity index (χ3v) is 2.93. The van der Waals surface area contributed by atoms with Crippen LogP contribution in [0.25, 0.3) is 0 Å². The molecule has 1 aliphatic carbocycles. The first-order chi connectivity index (χ1) is 7.15. The van der Waals surface area contributed by atoms with Crippen LogP contribution in [0.1, 0.15) is 40.0 Å². The molecular weight excluding hydrogens is 206 g/mol. The van der Waals surface area contributed by atoms with Crippen molar-refractivity contribution < 1.29 is 9.53 Å². The number of esters is 1. The second kappa shape index (κ2) is 4.31. The third kappa shape index (κ3) is 2.93. The SMILES string of the molecule is CC(C)(C)OC(=O)C1(N)CC[C@@H](N)C[C@@H]1N. The van der Waals surface area contributed by atoms with Crippen LogP contribution in [-0.4, -0.2) is 29.2 Å². The molecule has 1 fully saturated rings. The van der Waals surface area contributed by atoms with E-state index in [0.717, 1.165) is 0 Å². The van der Waals surface area contributed by atoms with Gasteiger partial charge in [-0.2, -0.15) is 0 Å². The smallest absolute Gasteiger partial charge is 0.328 e. The van der Waals surface area contributed by atoms with Gasteiger partial charge in [0.25, 0.3) is 0 Å². The molecule has 1 aliphatic rings. The van der Waals surface area contributed by atoms with Gasteiger partial charge < -0.3 is 21.9 Å². The van der Waals surface area contributed by atoms with Crippen molar-refractivity contribution in [3.63, 3.8) is 0 Å². The molecule has 6 N–H and O–H groups in total. The summed E-state index contributed by atoms with van der Waals surface area (Å²) in [5.41, 5.74) is 16.1. The summed E-state index contributed by atoms with van der Waals surface area (Å²) in [7, 11) is 0. The first kappa shape index (κ1) is 13.4. The molecule has 0 saturated heterocycles. The number of hydrogen-bond acceptors (Lipinski definition) is 5. The van der Waals surface area contributed by atoms with Gasteiger partial charge in [0.05, 0.1) is 0 Å². The number of carbonyl (C=O) groups excluding carboxylic acids is 1. The van der Waals surface area contributed by atoms with E-state index in [-0.39, 0.29) is 6.04 Å². The summed E-state index contributed by atoms with van der Waals surface area (Å²) in [6.07, 6.45) is 1.77. The van der Waals surface area contributed by atoms with E-state index < -0.39 is 23.2 Å². The molecule has 1 rings (SSSR count). The lowest BCUT2D eigenvalue weighted by molar-refractivity contribution is -0.163. The maximum Gasteiger partial charge on any atom is 0.328 e. The van der Waals surface area contributed by atoms with Crippen molar-refractivity contribution in [2.75, 3.05) is 0 Å². The largest absolute Gasteiger partial charge is 0.459 e. The van der Waals surface area contributed by atoms with Gasteiger partial charge in [-0.25, -0.2) is 4.79 Å². The summed E-state index contributed by atoms with van der Waals surface area (Å²) >= 11 is 0. The van der Waals surface area contributed by atoms with E-state index in [1.165, 1.54) is 0 Å². The fourth-order valence-corrected chi connectivity index (χ4v) is 1.89. The monoisotopic (exact) mass is 229 g/mol. The number of rotatable bonds is 1. The standard InChI is InChI=1S/C11H23N3O2/c1-10(2,3)16-9(15)11(14)5-4-7(12)6-8(11)13/h7-8H,4-6,12-14H2,1-3H3/t7-,8+,11?/m1/s1. The summed E-state index contributed by atoms with van der Waals surface area (Å²) in [5, 5.41) is 0. The minimum atomic E-state index is -1.08. The number of carbonyl (C=O) groups is 1. The zero-order valence-corrected chi connectivity index (χ0v) is 10.3. The van der Waals surface area contributed by atoms with E-state index in [0.29, 0.717) is 19.3 Å². The van der Waals surface area contributed by atoms with Crippen molar-refractivity contribution in [2.45, 2.75) is 63.3 Å². The molecule has 94 valence electrons. The Balaban J connectivity index is 2.73. The van der Waals surface area contributed by atoms with Crippen molar-refractivity contribution in [1.29, 1.82) is 0 Å². The Morgan fingerprint density at radius 2 is 1.94 bits per heavy atom. The maximum absolute atomic E-state index is 12.0. The lowest BCUT2D eigenvalue weighted by Gasteiger charge is -2.40. The summed E-state index contributed by atoms with van der Waals surface area (Å²) in [5.74, 6) is -0.417. The van der Waals surface area contributed by atoms with E-state index in [2.05, 4.69) is 0 Å². The number of hydrogen-bond donors (Lipinski definition) is 3. The van der Waals surface area contributed by atoms with Crippen LogP contribution < -0.4 is 17.2 Å². The van der Waals surface area contributed by atoms with Crippen molar-refractivity contribution in [2.24, 2.45) is 17.2 Å². The van der Waals surface area contributed by atoms with E-state index in [1.807, 2.05) is 20.8 Å². The fraction of sp³-hybridized carbons (Fsp3) is 0.909. The summed E-state index contributed by atoms with van der Waals surface area (Å²) in [6, 6.07) is -0.389. The molecule has 5 heteroatoms. The number of ether oxygens (including phenoxy) is 1. The normalized spacial score (nSPS) is 35.9. The minimum absolute atomic E-state index is 0.0362. The second-order valence-electron chi connectivity index (χ2n) is 5.68. The molecule has 0 spiro atoms. The molecule has 5 nitrogen and oxygen atoms in total. The van der Waals surface area contributed by atoms with E-state index in [9.17, 15) is 4.79 Å². The lowest BCUT2D eigenvalue weighted by Crippen LogP contribution is -2.66. The molecule has 0 aliphatic heterocycles. The Kier molecular flexibility index (Phi) is 3.62. The Morgan fingerprint density at radius 3 is 2.38 bits per heavy atom. The highest BCUT2D eigenvalue weighted by Gasteiger charge is 2.46. The van der Waals surface area contributed by atoms with Gasteiger partial charge >= 0.3 is 5.97 Å². The first-order valence-electron chi connectivity index (χ1n) is 5.68. The van der Waals surface area contributed by atoms with Crippen LogP contribution in [0.5, 0.6) is 0 Å². The summed E-state index contributed by atoms with van der Waals surface area (Å²) < 4.78 is 5.30. The molecule has 3 atom stereocenters. The Morgan fingerprint density at radius 1 is 1.38 bits per heavy atom. The second-order valence-corrected chi connectivity index (χ2v) is 5.68. The Bertz CT molecular complexity index is 275. The van der Waals surface area contributed by atoms with Crippen LogP contribution in [0.2, 0.25) is 0 Å². The Labute approximate surface area is 96.7 Å². The van der Waals surface area contributed by atoms with Gasteiger partial charge in [-0.1, -0.05) is 0 Å². The summed E-state index contributed by atoms with van der Waals surface area (Å²) in [6.45, 7) is 5.44. The van der Waals surface area contributed by atoms with Crippen LogP contribution >= 0.6 is 0 Å². The van der Waals surface area contributed by atoms with Crippen molar-refractivity contribution in [1.82, 2.24) is 0 Å². The lowest BCUT2D eigenvalue weighted by atomic mass is 9.76. The highest BCUT2D eigenvalue weighted by molar-refractivity contribution is 5.82. The molecule has 16 heavy (non-hydrogen) atoms. The maximum atomic E-state index is 12.0. The summed E-state index contributed by atoms with van der Waals surface area (Å²) in [4.78, 5) is 12.0. The molecule has 0 bridgehead atoms. The van der Waals surface area contributed by atoms with E-state index >= 15 is 0 Å². The van der Waals surface area contributed by atoms with Gasteiger partial charge in [-0.05, 0) is 40.0 Å². The van der Waals surface area contributed by atoms with Gasteiger partial charge in [0.15, 0.2) is 0 Å². The van der Waals surface area contributed by atoms with Gasteiger partial charge in [0, 0.05) is 12.1 Å². The third-order valence-electron chi connectivity index (χ3n) is 2.93. The molecular formula is C11H23N3O2. The van der Waals surface area contributed by atoms with Crippen LogP contribution in [0.4, 0.5) is 0 Å². The topological polar surface area (TPSA) is 104 Å². The zero-order valence-electron chi connectivity index (χ0n) is 10.3. The zero-order chi connectivity index (χ0) is 12.6. The highest BCUT2D eigenvalue weighted by Crippen LogP contribution is 2.27. The first-order valence-corrected chi connectivity index (χ1v) is 5.68. The average Bonchev–Trinajstić information content (AvgIpc) is 2.09. The van der Waals surface area contributed by atoms with E-state index in [4.69, 9.17) is 21.9 Å². The average molecular weight is 229 g/mol. The van der Waals surface area contributed by atoms with Gasteiger partial charge in [0.1, 0.15) is 11.1 Å². The van der Waals surface area contributed by atoms with Crippen molar-refractivity contribution in [3.05, 3.63) is 0 Å². The molecule has 0 amide bonds. The molecule has 1 saturated carbocycles. The molecule has 0 heterocycles. The molecule has 0 aromatic heterocycles. The highest BCUT2D eigenvalue weighted by atomic mass is 16.6. The quantitative estimate of drug-likeness (QED) is 0.543.